The average molecular weight is 314 g/mol. The molecule has 0 aliphatic carbocycles. The van der Waals surface area contributed by atoms with Crippen LogP contribution >= 0.6 is 11.8 Å². The first-order valence-electron chi connectivity index (χ1n) is 6.91. The van der Waals surface area contributed by atoms with Gasteiger partial charge in [0.2, 0.25) is 5.91 Å². The molecule has 0 aliphatic heterocycles. The molecule has 1 aromatic rings. The molecule has 0 fully saturated rings. The van der Waals surface area contributed by atoms with Gasteiger partial charge in [0.1, 0.15) is 12.4 Å². The maximum absolute atomic E-state index is 11.9. The summed E-state index contributed by atoms with van der Waals surface area (Å²) in [6.45, 7) is 7.70. The first-order chi connectivity index (χ1) is 9.86. The largest absolute Gasteiger partial charge is 0.480 e. The number of rotatable bonds is 8. The van der Waals surface area contributed by atoms with Gasteiger partial charge in [0.05, 0.1) is 5.75 Å². The smallest absolute Gasteiger partial charge is 0.326 e. The van der Waals surface area contributed by atoms with Gasteiger partial charge in [0, 0.05) is 6.04 Å². The van der Waals surface area contributed by atoms with Crippen LogP contribution in [0.3, 0.4) is 0 Å². The van der Waals surface area contributed by atoms with Crippen LogP contribution in [0.5, 0.6) is 0 Å². The van der Waals surface area contributed by atoms with Crippen LogP contribution in [0.15, 0.2) is 11.5 Å². The Morgan fingerprint density at radius 3 is 2.62 bits per heavy atom. The molecular weight excluding hydrogens is 292 g/mol. The number of amides is 1. The molecule has 21 heavy (non-hydrogen) atoms. The van der Waals surface area contributed by atoms with E-state index in [0.717, 1.165) is 0 Å². The van der Waals surface area contributed by atoms with Crippen LogP contribution in [-0.4, -0.2) is 43.5 Å². The number of aromatic nitrogens is 3. The second kappa shape index (κ2) is 8.02. The number of nitrogens with one attached hydrogen (secondary N) is 1. The van der Waals surface area contributed by atoms with E-state index in [9.17, 15) is 9.59 Å². The number of carbonyl (C=O) groups is 2. The van der Waals surface area contributed by atoms with Crippen molar-refractivity contribution in [2.24, 2.45) is 5.92 Å². The molecule has 0 unspecified atom stereocenters. The van der Waals surface area contributed by atoms with Crippen molar-refractivity contribution in [2.45, 2.75) is 51.4 Å². The predicted octanol–water partition coefficient (Wildman–Crippen LogP) is 1.57. The summed E-state index contributed by atoms with van der Waals surface area (Å²) in [5.74, 6) is -1.32. The summed E-state index contributed by atoms with van der Waals surface area (Å²) in [4.78, 5) is 23.1. The highest BCUT2D eigenvalue weighted by Gasteiger charge is 2.25. The SMILES string of the molecule is CC[C@H](C)[C@H](NC(=O)CSc1nncn1C(C)C)C(=O)O. The predicted molar refractivity (Wildman–Crippen MR) is 80.2 cm³/mol. The lowest BCUT2D eigenvalue weighted by molar-refractivity contribution is -0.143. The van der Waals surface area contributed by atoms with Gasteiger partial charge in [0.15, 0.2) is 5.16 Å². The highest BCUT2D eigenvalue weighted by atomic mass is 32.2. The molecule has 118 valence electrons. The van der Waals surface area contributed by atoms with Gasteiger partial charge in [-0.3, -0.25) is 4.79 Å². The number of aliphatic carboxylic acids is 1. The zero-order chi connectivity index (χ0) is 16.0. The molecule has 0 aromatic carbocycles. The minimum absolute atomic E-state index is 0.115. The summed E-state index contributed by atoms with van der Waals surface area (Å²) in [5, 5.41) is 20.1. The van der Waals surface area contributed by atoms with E-state index in [0.29, 0.717) is 11.6 Å². The Hall–Kier alpha value is -1.57. The van der Waals surface area contributed by atoms with Gasteiger partial charge in [0.25, 0.3) is 0 Å². The van der Waals surface area contributed by atoms with E-state index in [-0.39, 0.29) is 23.6 Å². The first-order valence-corrected chi connectivity index (χ1v) is 7.89. The number of carboxylic acids is 1. The quantitative estimate of drug-likeness (QED) is 0.707. The van der Waals surface area contributed by atoms with Crippen molar-refractivity contribution in [1.29, 1.82) is 0 Å². The molecule has 8 heteroatoms. The maximum atomic E-state index is 11.9. The van der Waals surface area contributed by atoms with E-state index in [4.69, 9.17) is 5.11 Å². The lowest BCUT2D eigenvalue weighted by Gasteiger charge is -2.20. The van der Waals surface area contributed by atoms with E-state index in [1.165, 1.54) is 11.8 Å². The van der Waals surface area contributed by atoms with E-state index in [1.807, 2.05) is 32.3 Å². The van der Waals surface area contributed by atoms with Gasteiger partial charge in [-0.25, -0.2) is 4.79 Å². The fourth-order valence-corrected chi connectivity index (χ4v) is 2.57. The first kappa shape index (κ1) is 17.5. The molecule has 1 aromatic heterocycles. The third-order valence-electron chi connectivity index (χ3n) is 3.22. The molecule has 1 heterocycles. The van der Waals surface area contributed by atoms with Gasteiger partial charge >= 0.3 is 5.97 Å². The molecule has 1 rings (SSSR count). The number of carboxylic acid groups (broad SMARTS) is 1. The molecule has 0 saturated heterocycles. The summed E-state index contributed by atoms with van der Waals surface area (Å²) < 4.78 is 1.86. The molecule has 2 atom stereocenters. The second-order valence-electron chi connectivity index (χ2n) is 5.17. The number of thioether (sulfide) groups is 1. The highest BCUT2D eigenvalue weighted by molar-refractivity contribution is 7.99. The molecular formula is C13H22N4O3S. The zero-order valence-corrected chi connectivity index (χ0v) is 13.6. The molecule has 7 nitrogen and oxygen atoms in total. The number of carbonyl (C=O) groups excluding carboxylic acids is 1. The van der Waals surface area contributed by atoms with Crippen LogP contribution in [0.25, 0.3) is 0 Å². The topological polar surface area (TPSA) is 97.1 Å². The molecule has 0 spiro atoms. The fourth-order valence-electron chi connectivity index (χ4n) is 1.72. The van der Waals surface area contributed by atoms with Crippen molar-refractivity contribution < 1.29 is 14.7 Å². The lowest BCUT2D eigenvalue weighted by atomic mass is 9.99. The van der Waals surface area contributed by atoms with Crippen LogP contribution in [0.4, 0.5) is 0 Å². The molecule has 1 amide bonds. The Kier molecular flexibility index (Phi) is 6.67. The maximum Gasteiger partial charge on any atom is 0.326 e. The Morgan fingerprint density at radius 1 is 1.43 bits per heavy atom. The van der Waals surface area contributed by atoms with E-state index >= 15 is 0 Å². The fraction of sp³-hybridized carbons (Fsp3) is 0.692. The van der Waals surface area contributed by atoms with Crippen molar-refractivity contribution in [3.05, 3.63) is 6.33 Å². The summed E-state index contributed by atoms with van der Waals surface area (Å²) in [6, 6.07) is -0.650. The Labute approximate surface area is 128 Å². The van der Waals surface area contributed by atoms with Crippen LogP contribution in [0, 0.1) is 5.92 Å². The third kappa shape index (κ3) is 5.04. The molecule has 0 radical (unpaired) electrons. The van der Waals surface area contributed by atoms with Gasteiger partial charge in [-0.1, -0.05) is 32.0 Å². The van der Waals surface area contributed by atoms with Gasteiger partial charge in [-0.15, -0.1) is 10.2 Å². The Bertz CT molecular complexity index is 490. The average Bonchev–Trinajstić information content (AvgIpc) is 2.90. The van der Waals surface area contributed by atoms with Crippen molar-refractivity contribution in [3.63, 3.8) is 0 Å². The third-order valence-corrected chi connectivity index (χ3v) is 4.18. The number of hydrogen-bond acceptors (Lipinski definition) is 5. The van der Waals surface area contributed by atoms with E-state index < -0.39 is 12.0 Å². The zero-order valence-electron chi connectivity index (χ0n) is 12.7. The van der Waals surface area contributed by atoms with Crippen LogP contribution in [0.1, 0.15) is 40.2 Å². The van der Waals surface area contributed by atoms with Crippen molar-refractivity contribution >= 4 is 23.6 Å². The van der Waals surface area contributed by atoms with Crippen LogP contribution in [0.2, 0.25) is 0 Å². The van der Waals surface area contributed by atoms with Gasteiger partial charge in [-0.2, -0.15) is 0 Å². The van der Waals surface area contributed by atoms with Gasteiger partial charge in [-0.05, 0) is 19.8 Å². The molecule has 0 saturated carbocycles. The van der Waals surface area contributed by atoms with Crippen molar-refractivity contribution in [2.75, 3.05) is 5.75 Å². The van der Waals surface area contributed by atoms with Crippen molar-refractivity contribution in [3.8, 4) is 0 Å². The normalized spacial score (nSPS) is 14.0. The molecule has 0 bridgehead atoms. The summed E-state index contributed by atoms with van der Waals surface area (Å²) in [5.41, 5.74) is 0. The minimum atomic E-state index is -1.01. The molecule has 0 aliphatic rings. The highest BCUT2D eigenvalue weighted by Crippen LogP contribution is 2.18. The lowest BCUT2D eigenvalue weighted by Crippen LogP contribution is -2.45. The summed E-state index contributed by atoms with van der Waals surface area (Å²) in [7, 11) is 0. The van der Waals surface area contributed by atoms with Crippen molar-refractivity contribution in [1.82, 2.24) is 20.1 Å². The second-order valence-corrected chi connectivity index (χ2v) is 6.11. The minimum Gasteiger partial charge on any atom is -0.480 e. The van der Waals surface area contributed by atoms with E-state index in [1.54, 1.807) is 6.33 Å². The Morgan fingerprint density at radius 2 is 2.10 bits per heavy atom. The van der Waals surface area contributed by atoms with E-state index in [2.05, 4.69) is 15.5 Å². The standard InChI is InChI=1S/C13H22N4O3S/c1-5-9(4)11(12(19)20)15-10(18)6-21-13-16-14-7-17(13)8(2)3/h7-9,11H,5-6H2,1-4H3,(H,15,18)(H,19,20)/t9-,11-/m0/s1. The number of nitrogens with zero attached hydrogens (tertiary/aromatic N) is 3. The van der Waals surface area contributed by atoms with Crippen LogP contribution in [-0.2, 0) is 9.59 Å². The summed E-state index contributed by atoms with van der Waals surface area (Å²) >= 11 is 1.25. The summed E-state index contributed by atoms with van der Waals surface area (Å²) in [6.07, 6.45) is 2.30. The number of hydrogen-bond donors (Lipinski definition) is 2. The van der Waals surface area contributed by atoms with Crippen LogP contribution < -0.4 is 5.32 Å². The van der Waals surface area contributed by atoms with Gasteiger partial charge < -0.3 is 15.0 Å². The molecule has 2 N–H and O–H groups in total. The Balaban J connectivity index is 2.57. The monoisotopic (exact) mass is 314 g/mol.